The van der Waals surface area contributed by atoms with Gasteiger partial charge in [-0.05, 0) is 56.6 Å². The molecule has 0 bridgehead atoms. The SMILES string of the molecule is C[C@@H](C(=O)N1CCOc2c(O)cc(-c3cccnc3)cc2C1)N1CCCC1. The molecule has 0 unspecified atom stereocenters. The standard InChI is InChI=1S/C21H25N3O3/c1-15(23-7-2-3-8-23)21(26)24-9-10-27-20-18(14-24)11-17(12-19(20)25)16-5-4-6-22-13-16/h4-6,11-13,15,25H,2-3,7-10,14H2,1H3/t15-/m0/s1. The maximum absolute atomic E-state index is 13.0. The van der Waals surface area contributed by atoms with Crippen LogP contribution in [0.15, 0.2) is 36.7 Å². The summed E-state index contributed by atoms with van der Waals surface area (Å²) >= 11 is 0. The van der Waals surface area contributed by atoms with E-state index in [0.717, 1.165) is 42.6 Å². The summed E-state index contributed by atoms with van der Waals surface area (Å²) in [5, 5.41) is 10.5. The molecule has 1 fully saturated rings. The van der Waals surface area contributed by atoms with Crippen molar-refractivity contribution in [1.29, 1.82) is 0 Å². The van der Waals surface area contributed by atoms with E-state index >= 15 is 0 Å². The number of likely N-dealkylation sites (tertiary alicyclic amines) is 1. The average Bonchev–Trinajstić information content (AvgIpc) is 3.14. The summed E-state index contributed by atoms with van der Waals surface area (Å²) in [6.45, 7) is 5.30. The normalized spacial score (nSPS) is 18.5. The number of phenolic OH excluding ortho intramolecular Hbond substituents is 1. The van der Waals surface area contributed by atoms with E-state index in [9.17, 15) is 9.90 Å². The Kier molecular flexibility index (Phi) is 4.99. The molecule has 1 saturated heterocycles. The Balaban J connectivity index is 1.61. The largest absolute Gasteiger partial charge is 0.504 e. The number of hydrogen-bond acceptors (Lipinski definition) is 5. The smallest absolute Gasteiger partial charge is 0.240 e. The number of aromatic hydroxyl groups is 1. The van der Waals surface area contributed by atoms with Crippen LogP contribution in [-0.2, 0) is 11.3 Å². The van der Waals surface area contributed by atoms with Crippen LogP contribution >= 0.6 is 0 Å². The molecule has 3 heterocycles. The Morgan fingerprint density at radius 3 is 2.78 bits per heavy atom. The van der Waals surface area contributed by atoms with Gasteiger partial charge >= 0.3 is 0 Å². The molecule has 2 aromatic rings. The van der Waals surface area contributed by atoms with Crippen molar-refractivity contribution in [3.05, 3.63) is 42.2 Å². The first kappa shape index (κ1) is 17.8. The molecule has 0 aliphatic carbocycles. The van der Waals surface area contributed by atoms with E-state index < -0.39 is 0 Å². The lowest BCUT2D eigenvalue weighted by Crippen LogP contribution is -2.46. The molecule has 0 radical (unpaired) electrons. The molecular weight excluding hydrogens is 342 g/mol. The van der Waals surface area contributed by atoms with Gasteiger partial charge in [-0.3, -0.25) is 14.7 Å². The van der Waals surface area contributed by atoms with Crippen molar-refractivity contribution in [3.63, 3.8) is 0 Å². The van der Waals surface area contributed by atoms with Gasteiger partial charge in [0.25, 0.3) is 0 Å². The molecule has 1 amide bonds. The first-order chi connectivity index (χ1) is 13.1. The third-order valence-corrected chi connectivity index (χ3v) is 5.47. The first-order valence-corrected chi connectivity index (χ1v) is 9.55. The zero-order chi connectivity index (χ0) is 18.8. The minimum atomic E-state index is -0.121. The highest BCUT2D eigenvalue weighted by Crippen LogP contribution is 2.37. The lowest BCUT2D eigenvalue weighted by molar-refractivity contribution is -0.136. The first-order valence-electron chi connectivity index (χ1n) is 9.55. The predicted molar refractivity (Wildman–Crippen MR) is 103 cm³/mol. The van der Waals surface area contributed by atoms with Crippen molar-refractivity contribution in [3.8, 4) is 22.6 Å². The number of aromatic nitrogens is 1. The number of rotatable bonds is 3. The van der Waals surface area contributed by atoms with Crippen LogP contribution in [0, 0.1) is 0 Å². The fourth-order valence-electron chi connectivity index (χ4n) is 3.94. The highest BCUT2D eigenvalue weighted by Gasteiger charge is 2.30. The van der Waals surface area contributed by atoms with Gasteiger partial charge in [0.05, 0.1) is 12.6 Å². The number of nitrogens with zero attached hydrogens (tertiary/aromatic N) is 3. The fourth-order valence-corrected chi connectivity index (χ4v) is 3.94. The molecule has 0 saturated carbocycles. The molecule has 6 heteroatoms. The second-order valence-corrected chi connectivity index (χ2v) is 7.25. The lowest BCUT2D eigenvalue weighted by Gasteiger charge is -2.29. The van der Waals surface area contributed by atoms with Crippen LogP contribution in [0.25, 0.3) is 11.1 Å². The molecule has 2 aliphatic heterocycles. The van der Waals surface area contributed by atoms with Crippen molar-refractivity contribution in [2.45, 2.75) is 32.4 Å². The maximum Gasteiger partial charge on any atom is 0.240 e. The van der Waals surface area contributed by atoms with Gasteiger partial charge in [-0.25, -0.2) is 0 Å². The van der Waals surface area contributed by atoms with E-state index in [4.69, 9.17) is 4.74 Å². The van der Waals surface area contributed by atoms with Crippen molar-refractivity contribution >= 4 is 5.91 Å². The van der Waals surface area contributed by atoms with Gasteiger partial charge in [0, 0.05) is 30.1 Å². The second kappa shape index (κ2) is 7.56. The molecule has 2 aliphatic rings. The van der Waals surface area contributed by atoms with Crippen LogP contribution in [0.4, 0.5) is 0 Å². The summed E-state index contributed by atoms with van der Waals surface area (Å²) < 4.78 is 5.78. The van der Waals surface area contributed by atoms with Crippen LogP contribution in [0.5, 0.6) is 11.5 Å². The molecule has 1 aromatic heterocycles. The highest BCUT2D eigenvalue weighted by atomic mass is 16.5. The number of carbonyl (C=O) groups is 1. The second-order valence-electron chi connectivity index (χ2n) is 7.25. The third-order valence-electron chi connectivity index (χ3n) is 5.47. The third kappa shape index (κ3) is 3.62. The minimum absolute atomic E-state index is 0.105. The van der Waals surface area contributed by atoms with Crippen LogP contribution in [0.3, 0.4) is 0 Å². The van der Waals surface area contributed by atoms with E-state index in [-0.39, 0.29) is 17.7 Å². The molecule has 1 aromatic carbocycles. The molecule has 0 spiro atoms. The van der Waals surface area contributed by atoms with Crippen LogP contribution < -0.4 is 4.74 Å². The summed E-state index contributed by atoms with van der Waals surface area (Å²) in [7, 11) is 0. The van der Waals surface area contributed by atoms with Crippen molar-refractivity contribution in [2.75, 3.05) is 26.2 Å². The van der Waals surface area contributed by atoms with Gasteiger partial charge in [-0.15, -0.1) is 0 Å². The number of fused-ring (bicyclic) bond motifs is 1. The van der Waals surface area contributed by atoms with Gasteiger partial charge in [-0.1, -0.05) is 6.07 Å². The topological polar surface area (TPSA) is 65.9 Å². The number of ether oxygens (including phenoxy) is 1. The zero-order valence-electron chi connectivity index (χ0n) is 15.6. The van der Waals surface area contributed by atoms with E-state index in [0.29, 0.717) is 25.4 Å². The quantitative estimate of drug-likeness (QED) is 0.903. The molecule has 1 N–H and O–H groups in total. The molecule has 27 heavy (non-hydrogen) atoms. The fraction of sp³-hybridized carbons (Fsp3) is 0.429. The number of pyridine rings is 1. The molecule has 142 valence electrons. The molecule has 6 nitrogen and oxygen atoms in total. The summed E-state index contributed by atoms with van der Waals surface area (Å²) in [6.07, 6.45) is 5.80. The van der Waals surface area contributed by atoms with Gasteiger partial charge in [0.1, 0.15) is 6.61 Å². The molecule has 1 atom stereocenters. The minimum Gasteiger partial charge on any atom is -0.504 e. The number of benzene rings is 1. The summed E-state index contributed by atoms with van der Waals surface area (Å²) in [4.78, 5) is 21.3. The van der Waals surface area contributed by atoms with Gasteiger partial charge in [0.2, 0.25) is 5.91 Å². The van der Waals surface area contributed by atoms with Gasteiger partial charge < -0.3 is 14.7 Å². The van der Waals surface area contributed by atoms with E-state index in [2.05, 4.69) is 9.88 Å². The van der Waals surface area contributed by atoms with Gasteiger partial charge in [0.15, 0.2) is 11.5 Å². The number of hydrogen-bond donors (Lipinski definition) is 1. The Labute approximate surface area is 159 Å². The van der Waals surface area contributed by atoms with Crippen LogP contribution in [0.1, 0.15) is 25.3 Å². The Hall–Kier alpha value is -2.60. The van der Waals surface area contributed by atoms with Crippen LogP contribution in [-0.4, -0.2) is 58.1 Å². The summed E-state index contributed by atoms with van der Waals surface area (Å²) in [5.41, 5.74) is 2.61. The average molecular weight is 367 g/mol. The lowest BCUT2D eigenvalue weighted by atomic mass is 10.0. The van der Waals surface area contributed by atoms with Crippen molar-refractivity contribution in [2.24, 2.45) is 0 Å². The molecule has 4 rings (SSSR count). The Morgan fingerprint density at radius 2 is 2.04 bits per heavy atom. The monoisotopic (exact) mass is 367 g/mol. The summed E-state index contributed by atoms with van der Waals surface area (Å²) in [5.74, 6) is 0.708. The van der Waals surface area contributed by atoms with E-state index in [1.807, 2.05) is 30.0 Å². The zero-order valence-corrected chi connectivity index (χ0v) is 15.6. The van der Waals surface area contributed by atoms with Crippen molar-refractivity contribution < 1.29 is 14.6 Å². The van der Waals surface area contributed by atoms with E-state index in [1.54, 1.807) is 18.5 Å². The number of carbonyl (C=O) groups excluding carboxylic acids is 1. The number of amides is 1. The Bertz CT molecular complexity index is 819. The summed E-state index contributed by atoms with van der Waals surface area (Å²) in [6, 6.07) is 7.37. The van der Waals surface area contributed by atoms with Crippen molar-refractivity contribution in [1.82, 2.24) is 14.8 Å². The van der Waals surface area contributed by atoms with Crippen LogP contribution in [0.2, 0.25) is 0 Å². The number of phenols is 1. The van der Waals surface area contributed by atoms with Gasteiger partial charge in [-0.2, -0.15) is 0 Å². The predicted octanol–water partition coefficient (Wildman–Crippen LogP) is 2.66. The van der Waals surface area contributed by atoms with E-state index in [1.165, 1.54) is 0 Å². The highest BCUT2D eigenvalue weighted by molar-refractivity contribution is 5.82. The Morgan fingerprint density at radius 1 is 1.22 bits per heavy atom. The maximum atomic E-state index is 13.0. The molecular formula is C21H25N3O3.